The van der Waals surface area contributed by atoms with Crippen LogP contribution in [0.15, 0.2) is 55.4 Å². The van der Waals surface area contributed by atoms with Crippen molar-refractivity contribution in [2.75, 3.05) is 0 Å². The molecule has 4 rings (SSSR count). The Morgan fingerprint density at radius 3 is 1.44 bits per heavy atom. The van der Waals surface area contributed by atoms with Gasteiger partial charge in [-0.25, -0.2) is 0 Å². The molecule has 0 atom stereocenters. The molecule has 0 spiro atoms. The second-order valence-electron chi connectivity index (χ2n) is 8.76. The number of hydrogen-bond acceptors (Lipinski definition) is 6. The molecule has 2 heterocycles. The van der Waals surface area contributed by atoms with E-state index in [1.54, 1.807) is 0 Å². The maximum absolute atomic E-state index is 11.6. The molecular weight excluding hydrogens is 460 g/mol. The van der Waals surface area contributed by atoms with Gasteiger partial charge in [0.2, 0.25) is 0 Å². The Balaban J connectivity index is 1.86. The summed E-state index contributed by atoms with van der Waals surface area (Å²) in [5.74, 6) is -1.15. The largest absolute Gasteiger partial charge is 0.481 e. The lowest BCUT2D eigenvalue weighted by molar-refractivity contribution is -0.137. The van der Waals surface area contributed by atoms with Crippen molar-refractivity contribution in [1.29, 1.82) is 0 Å². The molecule has 0 fully saturated rings. The summed E-state index contributed by atoms with van der Waals surface area (Å²) in [6.45, 7) is 7.66. The fraction of sp³-hybridized carbons (Fsp3) is 0.286. The molecule has 8 nitrogen and oxygen atoms in total. The monoisotopic (exact) mass is 488 g/mol. The SMILES string of the molecule is CC/C(=N\N=C(/CC)c1oc2cc(C)ccc2c1CC(=O)O)c1oc2cc(C)ccc2c1CC(=O)O. The fourth-order valence-corrected chi connectivity index (χ4v) is 4.31. The van der Waals surface area contributed by atoms with Crippen molar-refractivity contribution in [3.63, 3.8) is 0 Å². The van der Waals surface area contributed by atoms with E-state index in [4.69, 9.17) is 8.83 Å². The molecule has 8 heteroatoms. The molecule has 2 N–H and O–H groups in total. The van der Waals surface area contributed by atoms with Crippen LogP contribution in [0.3, 0.4) is 0 Å². The average Bonchev–Trinajstić information content (AvgIpc) is 3.33. The summed E-state index contributed by atoms with van der Waals surface area (Å²) < 4.78 is 12.2. The molecule has 0 radical (unpaired) electrons. The number of furan rings is 2. The quantitative estimate of drug-likeness (QED) is 0.218. The minimum absolute atomic E-state index is 0.208. The summed E-state index contributed by atoms with van der Waals surface area (Å²) in [5, 5.41) is 29.4. The second-order valence-corrected chi connectivity index (χ2v) is 8.76. The van der Waals surface area contributed by atoms with Crippen molar-refractivity contribution in [2.24, 2.45) is 10.2 Å². The lowest BCUT2D eigenvalue weighted by atomic mass is 10.0. The number of carbonyl (C=O) groups is 2. The van der Waals surface area contributed by atoms with Gasteiger partial charge < -0.3 is 19.0 Å². The highest BCUT2D eigenvalue weighted by Gasteiger charge is 2.22. The predicted octanol–water partition coefficient (Wildman–Crippen LogP) is 6.06. The van der Waals surface area contributed by atoms with Crippen LogP contribution in [0.4, 0.5) is 0 Å². The third-order valence-corrected chi connectivity index (χ3v) is 6.04. The van der Waals surface area contributed by atoms with Gasteiger partial charge in [0.25, 0.3) is 0 Å². The molecule has 0 aliphatic carbocycles. The van der Waals surface area contributed by atoms with Crippen LogP contribution in [0, 0.1) is 13.8 Å². The Bertz CT molecular complexity index is 1420. The number of fused-ring (bicyclic) bond motifs is 2. The van der Waals surface area contributed by atoms with Crippen LogP contribution < -0.4 is 0 Å². The van der Waals surface area contributed by atoms with Gasteiger partial charge in [0.1, 0.15) is 22.6 Å². The van der Waals surface area contributed by atoms with E-state index in [2.05, 4.69) is 10.2 Å². The van der Waals surface area contributed by atoms with Crippen LogP contribution in [-0.2, 0) is 22.4 Å². The van der Waals surface area contributed by atoms with Crippen LogP contribution >= 0.6 is 0 Å². The van der Waals surface area contributed by atoms with E-state index in [1.165, 1.54) is 0 Å². The highest BCUT2D eigenvalue weighted by atomic mass is 16.4. The van der Waals surface area contributed by atoms with Gasteiger partial charge in [-0.1, -0.05) is 38.1 Å². The second kappa shape index (κ2) is 10.2. The zero-order valence-electron chi connectivity index (χ0n) is 20.7. The first-order valence-corrected chi connectivity index (χ1v) is 11.8. The molecule has 0 aliphatic rings. The first-order chi connectivity index (χ1) is 17.2. The summed E-state index contributed by atoms with van der Waals surface area (Å²) in [7, 11) is 0. The van der Waals surface area contributed by atoms with Crippen molar-refractivity contribution in [2.45, 2.75) is 53.4 Å². The van der Waals surface area contributed by atoms with Gasteiger partial charge in [-0.3, -0.25) is 9.59 Å². The smallest absolute Gasteiger partial charge is 0.307 e. The molecule has 2 aromatic carbocycles. The van der Waals surface area contributed by atoms with E-state index >= 15 is 0 Å². The molecule has 186 valence electrons. The Morgan fingerprint density at radius 2 is 1.11 bits per heavy atom. The number of hydrogen-bond donors (Lipinski definition) is 2. The van der Waals surface area contributed by atoms with E-state index in [0.29, 0.717) is 58.1 Å². The molecule has 0 amide bonds. The van der Waals surface area contributed by atoms with Crippen LogP contribution in [0.5, 0.6) is 0 Å². The summed E-state index contributed by atoms with van der Waals surface area (Å²) >= 11 is 0. The number of carboxylic acids is 2. The van der Waals surface area contributed by atoms with Crippen molar-refractivity contribution >= 4 is 45.3 Å². The highest BCUT2D eigenvalue weighted by molar-refractivity contribution is 6.07. The van der Waals surface area contributed by atoms with Gasteiger partial charge in [0.15, 0.2) is 11.5 Å². The van der Waals surface area contributed by atoms with E-state index in [0.717, 1.165) is 21.9 Å². The van der Waals surface area contributed by atoms with Crippen LogP contribution in [0.25, 0.3) is 21.9 Å². The molecule has 2 aromatic heterocycles. The number of carboxylic acid groups (broad SMARTS) is 2. The number of aryl methyl sites for hydroxylation is 2. The Labute approximate surface area is 207 Å². The number of aliphatic carboxylic acids is 2. The molecule has 0 unspecified atom stereocenters. The average molecular weight is 489 g/mol. The summed E-state index contributed by atoms with van der Waals surface area (Å²) in [6.07, 6.45) is 0.487. The fourth-order valence-electron chi connectivity index (χ4n) is 4.31. The molecule has 0 saturated carbocycles. The van der Waals surface area contributed by atoms with Gasteiger partial charge in [-0.05, 0) is 49.9 Å². The minimum Gasteiger partial charge on any atom is -0.481 e. The molecule has 0 saturated heterocycles. The van der Waals surface area contributed by atoms with Crippen molar-refractivity contribution in [1.82, 2.24) is 0 Å². The van der Waals surface area contributed by atoms with Crippen molar-refractivity contribution in [3.05, 3.63) is 70.2 Å². The van der Waals surface area contributed by atoms with E-state index < -0.39 is 11.9 Å². The van der Waals surface area contributed by atoms with Crippen molar-refractivity contribution in [3.8, 4) is 0 Å². The third kappa shape index (κ3) is 4.93. The van der Waals surface area contributed by atoms with E-state index in [-0.39, 0.29) is 12.8 Å². The minimum atomic E-state index is -0.969. The number of benzene rings is 2. The molecule has 4 aromatic rings. The maximum atomic E-state index is 11.6. The Kier molecular flexibility index (Phi) is 7.05. The standard InChI is InChI=1S/C28H28N2O6/c1-5-21(27-19(13-25(31)32)17-9-7-15(3)11-23(17)35-27)29-30-22(6-2)28-20(14-26(33)34)18-10-8-16(4)12-24(18)36-28/h7-12H,5-6,13-14H2,1-4H3,(H,31,32)(H,33,34)/b29-21+,30-22+. The van der Waals surface area contributed by atoms with Crippen LogP contribution in [-0.4, -0.2) is 33.6 Å². The third-order valence-electron chi connectivity index (χ3n) is 6.04. The van der Waals surface area contributed by atoms with E-state index in [9.17, 15) is 19.8 Å². The summed E-state index contributed by atoms with van der Waals surface area (Å²) in [5.41, 5.74) is 5.29. The topological polar surface area (TPSA) is 126 Å². The zero-order chi connectivity index (χ0) is 26.0. The summed E-state index contributed by atoms with van der Waals surface area (Å²) in [6, 6.07) is 11.3. The molecule has 36 heavy (non-hydrogen) atoms. The van der Waals surface area contributed by atoms with Gasteiger partial charge in [-0.15, -0.1) is 0 Å². The lowest BCUT2D eigenvalue weighted by Crippen LogP contribution is -2.08. The van der Waals surface area contributed by atoms with Gasteiger partial charge in [-0.2, -0.15) is 10.2 Å². The molecule has 0 aliphatic heterocycles. The Hall–Kier alpha value is -4.20. The highest BCUT2D eigenvalue weighted by Crippen LogP contribution is 2.31. The Morgan fingerprint density at radius 1 is 0.722 bits per heavy atom. The van der Waals surface area contributed by atoms with Crippen LogP contribution in [0.2, 0.25) is 0 Å². The first-order valence-electron chi connectivity index (χ1n) is 11.8. The lowest BCUT2D eigenvalue weighted by Gasteiger charge is -2.04. The maximum Gasteiger partial charge on any atom is 0.307 e. The normalized spacial score (nSPS) is 12.6. The van der Waals surface area contributed by atoms with Gasteiger partial charge in [0.05, 0.1) is 12.8 Å². The van der Waals surface area contributed by atoms with E-state index in [1.807, 2.05) is 64.1 Å². The van der Waals surface area contributed by atoms with Crippen molar-refractivity contribution < 1.29 is 28.6 Å². The predicted molar refractivity (Wildman–Crippen MR) is 138 cm³/mol. The first kappa shape index (κ1) is 24.9. The molecule has 0 bridgehead atoms. The van der Waals surface area contributed by atoms with Gasteiger partial charge in [0, 0.05) is 21.9 Å². The zero-order valence-corrected chi connectivity index (χ0v) is 20.7. The number of nitrogens with zero attached hydrogens (tertiary/aromatic N) is 2. The van der Waals surface area contributed by atoms with Gasteiger partial charge >= 0.3 is 11.9 Å². The summed E-state index contributed by atoms with van der Waals surface area (Å²) in [4.78, 5) is 23.2. The molecular formula is C28H28N2O6. The number of rotatable bonds is 9. The van der Waals surface area contributed by atoms with Crippen LogP contribution in [0.1, 0.15) is 60.5 Å².